The molecule has 2 aromatic rings. The third kappa shape index (κ3) is 3.82. The van der Waals surface area contributed by atoms with Crippen LogP contribution in [0.4, 0.5) is 11.4 Å². The normalized spacial score (nSPS) is 16.8. The zero-order chi connectivity index (χ0) is 17.8. The lowest BCUT2D eigenvalue weighted by atomic mass is 10.1. The number of nitrogens with zero attached hydrogens (tertiary/aromatic N) is 1. The maximum absolute atomic E-state index is 12.5. The van der Waals surface area contributed by atoms with Gasteiger partial charge in [-0.2, -0.15) is 0 Å². The van der Waals surface area contributed by atoms with Crippen LogP contribution >= 0.6 is 0 Å². The van der Waals surface area contributed by atoms with Gasteiger partial charge in [0.25, 0.3) is 0 Å². The third-order valence-corrected chi connectivity index (χ3v) is 4.24. The molecule has 0 spiro atoms. The number of carbonyl (C=O) groups is 2. The van der Waals surface area contributed by atoms with Crippen LogP contribution in [0.2, 0.25) is 0 Å². The van der Waals surface area contributed by atoms with Gasteiger partial charge in [-0.25, -0.2) is 0 Å². The number of nitrogens with one attached hydrogen (secondary N) is 1. The summed E-state index contributed by atoms with van der Waals surface area (Å²) in [5, 5.41) is 2.91. The minimum atomic E-state index is -0.373. The number of carbonyl (C=O) groups excluding carboxylic acids is 2. The van der Waals surface area contributed by atoms with Crippen LogP contribution in [0, 0.1) is 12.8 Å². The van der Waals surface area contributed by atoms with Gasteiger partial charge in [0.05, 0.1) is 18.2 Å². The number of ether oxygens (including phenoxy) is 1. The molecule has 0 aromatic heterocycles. The van der Waals surface area contributed by atoms with Crippen molar-refractivity contribution in [2.75, 3.05) is 23.4 Å². The highest BCUT2D eigenvalue weighted by molar-refractivity contribution is 6.04. The van der Waals surface area contributed by atoms with Gasteiger partial charge in [-0.3, -0.25) is 9.59 Å². The van der Waals surface area contributed by atoms with Gasteiger partial charge in [-0.1, -0.05) is 24.3 Å². The van der Waals surface area contributed by atoms with Gasteiger partial charge in [0.1, 0.15) is 5.75 Å². The topological polar surface area (TPSA) is 58.6 Å². The number of para-hydroxylation sites is 2. The average Bonchev–Trinajstić information content (AvgIpc) is 2.97. The van der Waals surface area contributed by atoms with E-state index < -0.39 is 0 Å². The van der Waals surface area contributed by atoms with Gasteiger partial charge < -0.3 is 15.0 Å². The molecule has 0 unspecified atom stereocenters. The summed E-state index contributed by atoms with van der Waals surface area (Å²) in [4.78, 5) is 26.6. The average molecular weight is 338 g/mol. The van der Waals surface area contributed by atoms with Crippen LogP contribution in [0.1, 0.15) is 18.9 Å². The van der Waals surface area contributed by atoms with E-state index in [2.05, 4.69) is 5.32 Å². The molecule has 0 saturated carbocycles. The molecular weight excluding hydrogens is 316 g/mol. The molecule has 130 valence electrons. The van der Waals surface area contributed by atoms with Crippen LogP contribution in [0.3, 0.4) is 0 Å². The summed E-state index contributed by atoms with van der Waals surface area (Å²) in [6.45, 7) is 4.76. The highest BCUT2D eigenvalue weighted by Crippen LogP contribution is 2.33. The summed E-state index contributed by atoms with van der Waals surface area (Å²) in [6, 6.07) is 15.1. The number of hydrogen-bond donors (Lipinski definition) is 1. The molecule has 0 aliphatic carbocycles. The molecule has 5 nitrogen and oxygen atoms in total. The molecule has 1 aliphatic rings. The van der Waals surface area contributed by atoms with Gasteiger partial charge in [0, 0.05) is 18.7 Å². The lowest BCUT2D eigenvalue weighted by Crippen LogP contribution is -2.28. The Kier molecular flexibility index (Phi) is 5.03. The quantitative estimate of drug-likeness (QED) is 0.909. The van der Waals surface area contributed by atoms with Crippen molar-refractivity contribution in [3.63, 3.8) is 0 Å². The second-order valence-electron chi connectivity index (χ2n) is 6.16. The van der Waals surface area contributed by atoms with E-state index in [0.717, 1.165) is 16.9 Å². The molecule has 25 heavy (non-hydrogen) atoms. The Morgan fingerprint density at radius 1 is 1.24 bits per heavy atom. The molecule has 0 radical (unpaired) electrons. The highest BCUT2D eigenvalue weighted by atomic mass is 16.5. The van der Waals surface area contributed by atoms with Crippen LogP contribution in [-0.4, -0.2) is 25.0 Å². The zero-order valence-corrected chi connectivity index (χ0v) is 14.5. The van der Waals surface area contributed by atoms with E-state index in [9.17, 15) is 9.59 Å². The summed E-state index contributed by atoms with van der Waals surface area (Å²) >= 11 is 0. The van der Waals surface area contributed by atoms with Crippen molar-refractivity contribution in [2.24, 2.45) is 5.92 Å². The fourth-order valence-corrected chi connectivity index (χ4v) is 3.04. The largest absolute Gasteiger partial charge is 0.492 e. The van der Waals surface area contributed by atoms with Crippen molar-refractivity contribution in [1.82, 2.24) is 0 Å². The SMILES string of the molecule is CCOc1ccccc1N1C[C@@H](C(=O)Nc2cccc(C)c2)CC1=O. The Morgan fingerprint density at radius 2 is 2.04 bits per heavy atom. The van der Waals surface area contributed by atoms with Crippen LogP contribution in [0.25, 0.3) is 0 Å². The number of hydrogen-bond acceptors (Lipinski definition) is 3. The van der Waals surface area contributed by atoms with Gasteiger partial charge in [-0.05, 0) is 43.7 Å². The Morgan fingerprint density at radius 3 is 2.80 bits per heavy atom. The van der Waals surface area contributed by atoms with Gasteiger partial charge in [0.15, 0.2) is 0 Å². The summed E-state index contributed by atoms with van der Waals surface area (Å²) in [5.41, 5.74) is 2.55. The Bertz CT molecular complexity index is 788. The fourth-order valence-electron chi connectivity index (χ4n) is 3.04. The van der Waals surface area contributed by atoms with Crippen molar-refractivity contribution < 1.29 is 14.3 Å². The van der Waals surface area contributed by atoms with Crippen LogP contribution in [-0.2, 0) is 9.59 Å². The molecule has 3 rings (SSSR count). The van der Waals surface area contributed by atoms with Gasteiger partial charge >= 0.3 is 0 Å². The first-order valence-electron chi connectivity index (χ1n) is 8.48. The number of aryl methyl sites for hydroxylation is 1. The molecule has 0 bridgehead atoms. The van der Waals surface area contributed by atoms with E-state index in [0.29, 0.717) is 18.9 Å². The standard InChI is InChI=1S/C20H22N2O3/c1-3-25-18-10-5-4-9-17(18)22-13-15(12-19(22)23)20(24)21-16-8-6-7-14(2)11-16/h4-11,15H,3,12-13H2,1-2H3,(H,21,24)/t15-/m0/s1. The van der Waals surface area contributed by atoms with Crippen molar-refractivity contribution in [2.45, 2.75) is 20.3 Å². The number of amides is 2. The van der Waals surface area contributed by atoms with Crippen LogP contribution in [0.15, 0.2) is 48.5 Å². The first kappa shape index (κ1) is 17.0. The molecule has 1 atom stereocenters. The van der Waals surface area contributed by atoms with E-state index in [1.54, 1.807) is 4.90 Å². The van der Waals surface area contributed by atoms with E-state index in [4.69, 9.17) is 4.74 Å². The Labute approximate surface area is 147 Å². The molecule has 1 N–H and O–H groups in total. The predicted molar refractivity (Wildman–Crippen MR) is 97.9 cm³/mol. The van der Waals surface area contributed by atoms with Crippen LogP contribution < -0.4 is 15.0 Å². The minimum Gasteiger partial charge on any atom is -0.492 e. The molecule has 1 saturated heterocycles. The van der Waals surface area contributed by atoms with E-state index >= 15 is 0 Å². The highest BCUT2D eigenvalue weighted by Gasteiger charge is 2.36. The summed E-state index contributed by atoms with van der Waals surface area (Å²) < 4.78 is 5.61. The van der Waals surface area contributed by atoms with Crippen molar-refractivity contribution in [3.8, 4) is 5.75 Å². The summed E-state index contributed by atoms with van der Waals surface area (Å²) in [5.74, 6) is 0.104. The third-order valence-electron chi connectivity index (χ3n) is 4.24. The van der Waals surface area contributed by atoms with Crippen LogP contribution in [0.5, 0.6) is 5.75 Å². The van der Waals surface area contributed by atoms with Gasteiger partial charge in [0.2, 0.25) is 11.8 Å². The maximum atomic E-state index is 12.5. The molecule has 1 fully saturated rings. The van der Waals surface area contributed by atoms with E-state index in [1.807, 2.05) is 62.4 Å². The maximum Gasteiger partial charge on any atom is 0.229 e. The monoisotopic (exact) mass is 338 g/mol. The molecule has 1 heterocycles. The predicted octanol–water partition coefficient (Wildman–Crippen LogP) is 3.39. The molecule has 2 amide bonds. The summed E-state index contributed by atoms with van der Waals surface area (Å²) in [6.07, 6.45) is 0.206. The first-order valence-corrected chi connectivity index (χ1v) is 8.48. The Balaban J connectivity index is 1.73. The van der Waals surface area contributed by atoms with Crippen molar-refractivity contribution in [1.29, 1.82) is 0 Å². The second kappa shape index (κ2) is 7.38. The van der Waals surface area contributed by atoms with Gasteiger partial charge in [-0.15, -0.1) is 0 Å². The Hall–Kier alpha value is -2.82. The fraction of sp³-hybridized carbons (Fsp3) is 0.300. The second-order valence-corrected chi connectivity index (χ2v) is 6.16. The smallest absolute Gasteiger partial charge is 0.229 e. The van der Waals surface area contributed by atoms with E-state index in [-0.39, 0.29) is 24.2 Å². The minimum absolute atomic E-state index is 0.0588. The van der Waals surface area contributed by atoms with Crippen molar-refractivity contribution >= 4 is 23.2 Å². The lowest BCUT2D eigenvalue weighted by Gasteiger charge is -2.20. The number of benzene rings is 2. The zero-order valence-electron chi connectivity index (χ0n) is 14.5. The number of rotatable bonds is 5. The molecule has 5 heteroatoms. The lowest BCUT2D eigenvalue weighted by molar-refractivity contribution is -0.122. The molecule has 1 aliphatic heterocycles. The first-order chi connectivity index (χ1) is 12.1. The van der Waals surface area contributed by atoms with Crippen molar-refractivity contribution in [3.05, 3.63) is 54.1 Å². The summed E-state index contributed by atoms with van der Waals surface area (Å²) in [7, 11) is 0. The van der Waals surface area contributed by atoms with E-state index in [1.165, 1.54) is 0 Å². The molecule has 2 aromatic carbocycles. The number of anilines is 2. The molecular formula is C20H22N2O3.